The van der Waals surface area contributed by atoms with Gasteiger partial charge in [-0.2, -0.15) is 0 Å². The van der Waals surface area contributed by atoms with E-state index in [2.05, 4.69) is 30.2 Å². The van der Waals surface area contributed by atoms with Gasteiger partial charge in [0, 0.05) is 5.41 Å². The Kier molecular flexibility index (Phi) is 8.64. The van der Waals surface area contributed by atoms with E-state index in [0.717, 1.165) is 30.4 Å². The van der Waals surface area contributed by atoms with Crippen LogP contribution in [0.2, 0.25) is 0 Å². The molecular formula is C41H34O12. The second-order valence-corrected chi connectivity index (χ2v) is 14.3. The molecule has 1 fully saturated rings. The van der Waals surface area contributed by atoms with Crippen LogP contribution in [0.15, 0.2) is 72.8 Å². The van der Waals surface area contributed by atoms with Gasteiger partial charge in [0.25, 0.3) is 0 Å². The van der Waals surface area contributed by atoms with Gasteiger partial charge >= 0.3 is 35.8 Å². The van der Waals surface area contributed by atoms with Crippen LogP contribution in [-0.4, -0.2) is 50.0 Å². The third-order valence-electron chi connectivity index (χ3n) is 9.98. The van der Waals surface area contributed by atoms with Gasteiger partial charge in [-0.15, -0.1) is 0 Å². The highest BCUT2D eigenvalue weighted by molar-refractivity contribution is 6.16. The number of cyclic esters (lactones) is 4. The lowest BCUT2D eigenvalue weighted by Gasteiger charge is -2.49. The van der Waals surface area contributed by atoms with Crippen molar-refractivity contribution in [3.05, 3.63) is 117 Å². The molecule has 2 aliphatic heterocycles. The van der Waals surface area contributed by atoms with Crippen molar-refractivity contribution in [1.29, 1.82) is 0 Å². The minimum atomic E-state index is -0.828. The molecule has 0 N–H and O–H groups in total. The molecule has 270 valence electrons. The van der Waals surface area contributed by atoms with E-state index < -0.39 is 41.2 Å². The molecule has 0 radical (unpaired) electrons. The van der Waals surface area contributed by atoms with E-state index in [4.69, 9.17) is 18.9 Å². The molecule has 1 atom stereocenters. The van der Waals surface area contributed by atoms with Crippen molar-refractivity contribution in [3.8, 4) is 23.0 Å². The summed E-state index contributed by atoms with van der Waals surface area (Å²) in [6, 6.07) is 18.8. The average molecular weight is 719 g/mol. The van der Waals surface area contributed by atoms with Gasteiger partial charge in [-0.05, 0) is 102 Å². The van der Waals surface area contributed by atoms with E-state index in [-0.39, 0.29) is 50.3 Å². The lowest BCUT2D eigenvalue weighted by Crippen LogP contribution is -2.41. The summed E-state index contributed by atoms with van der Waals surface area (Å²) in [6.07, 6.45) is 2.49. The summed E-state index contributed by atoms with van der Waals surface area (Å²) in [7, 11) is 2.95. The zero-order chi connectivity index (χ0) is 37.8. The molecule has 0 spiro atoms. The van der Waals surface area contributed by atoms with E-state index in [1.165, 1.54) is 50.6 Å². The van der Waals surface area contributed by atoms with Crippen molar-refractivity contribution in [2.45, 2.75) is 45.4 Å². The first-order chi connectivity index (χ1) is 25.2. The number of rotatable bonds is 8. The number of methoxy groups -OCH3 is 2. The van der Waals surface area contributed by atoms with E-state index in [0.29, 0.717) is 17.4 Å². The Bertz CT molecular complexity index is 2120. The molecule has 3 aliphatic rings. The maximum atomic E-state index is 13.2. The van der Waals surface area contributed by atoms with Gasteiger partial charge in [0.2, 0.25) is 0 Å². The summed E-state index contributed by atoms with van der Waals surface area (Å²) < 4.78 is 32.2. The topological polar surface area (TPSA) is 158 Å². The Morgan fingerprint density at radius 3 is 1.43 bits per heavy atom. The molecule has 2 heterocycles. The Hall–Kier alpha value is -6.30. The lowest BCUT2D eigenvalue weighted by molar-refractivity contribution is 0.0425. The van der Waals surface area contributed by atoms with Crippen LogP contribution in [0.5, 0.6) is 23.0 Å². The minimum Gasteiger partial charge on any atom is -0.493 e. The Morgan fingerprint density at radius 2 is 1.02 bits per heavy atom. The normalized spacial score (nSPS) is 18.0. The van der Waals surface area contributed by atoms with Gasteiger partial charge < -0.3 is 28.4 Å². The third-order valence-corrected chi connectivity index (χ3v) is 9.98. The van der Waals surface area contributed by atoms with Crippen molar-refractivity contribution in [2.24, 2.45) is 11.3 Å². The third kappa shape index (κ3) is 6.30. The summed E-state index contributed by atoms with van der Waals surface area (Å²) in [5.74, 6) is -3.47. The van der Waals surface area contributed by atoms with Crippen molar-refractivity contribution in [1.82, 2.24) is 0 Å². The highest BCUT2D eigenvalue weighted by Crippen LogP contribution is 2.55. The lowest BCUT2D eigenvalue weighted by atomic mass is 9.55. The van der Waals surface area contributed by atoms with E-state index in [9.17, 15) is 28.8 Å². The number of carbonyl (C=O) groups excluding carboxylic acids is 6. The number of ether oxygens (including phenoxy) is 6. The largest absolute Gasteiger partial charge is 0.493 e. The number of fused-ring (bicyclic) bond motifs is 2. The van der Waals surface area contributed by atoms with Crippen LogP contribution in [0.1, 0.15) is 113 Å². The zero-order valence-electron chi connectivity index (χ0n) is 29.5. The Morgan fingerprint density at radius 1 is 0.585 bits per heavy atom. The summed E-state index contributed by atoms with van der Waals surface area (Å²) in [5.41, 5.74) is 1.41. The number of hydrogen-bond acceptors (Lipinski definition) is 12. The van der Waals surface area contributed by atoms with E-state index in [1.54, 1.807) is 12.1 Å². The summed E-state index contributed by atoms with van der Waals surface area (Å²) in [6.45, 7) is 6.65. The molecule has 7 rings (SSSR count). The smallest absolute Gasteiger partial charge is 0.346 e. The van der Waals surface area contributed by atoms with Crippen molar-refractivity contribution in [2.75, 3.05) is 14.2 Å². The van der Waals surface area contributed by atoms with Crippen LogP contribution >= 0.6 is 0 Å². The van der Waals surface area contributed by atoms with Crippen LogP contribution in [0.4, 0.5) is 0 Å². The van der Waals surface area contributed by atoms with Crippen LogP contribution in [0, 0.1) is 11.3 Å². The monoisotopic (exact) mass is 718 g/mol. The quantitative estimate of drug-likeness (QED) is 0.106. The maximum Gasteiger partial charge on any atom is 0.346 e. The molecule has 1 aliphatic carbocycles. The van der Waals surface area contributed by atoms with Crippen LogP contribution in [-0.2, 0) is 14.9 Å². The Balaban J connectivity index is 1.21. The highest BCUT2D eigenvalue weighted by Gasteiger charge is 2.46. The van der Waals surface area contributed by atoms with E-state index >= 15 is 0 Å². The summed E-state index contributed by atoms with van der Waals surface area (Å²) >= 11 is 0. The standard InChI is InChI=1S/C41H34O12/c1-21-18-40(2,3)20-41(19-21,24-8-12-30(32(16-24)48-4)50-34(42)22-6-10-26-28(14-22)38(46)52-36(26)44)25-9-13-31(33(17-25)49-5)51-35(43)23-7-11-27-29(15-23)39(47)53-37(27)45/h6-17,21H,18-20H2,1-5H3. The van der Waals surface area contributed by atoms with Gasteiger partial charge in [0.15, 0.2) is 23.0 Å². The molecule has 0 aromatic heterocycles. The fourth-order valence-electron chi connectivity index (χ4n) is 8.02. The molecule has 0 bridgehead atoms. The van der Waals surface area contributed by atoms with Crippen LogP contribution in [0.3, 0.4) is 0 Å². The molecule has 53 heavy (non-hydrogen) atoms. The summed E-state index contributed by atoms with van der Waals surface area (Å²) in [4.78, 5) is 74.3. The van der Waals surface area contributed by atoms with Gasteiger partial charge in [-0.25, -0.2) is 28.8 Å². The van der Waals surface area contributed by atoms with E-state index in [1.807, 2.05) is 24.3 Å². The zero-order valence-corrected chi connectivity index (χ0v) is 29.5. The van der Waals surface area contributed by atoms with Gasteiger partial charge in [-0.1, -0.05) is 32.9 Å². The molecule has 12 nitrogen and oxygen atoms in total. The number of hydrogen-bond donors (Lipinski definition) is 0. The molecule has 12 heteroatoms. The molecule has 1 saturated carbocycles. The first kappa shape index (κ1) is 35.1. The molecular weight excluding hydrogens is 684 g/mol. The second kappa shape index (κ2) is 13.0. The van der Waals surface area contributed by atoms with Crippen molar-refractivity contribution >= 4 is 35.8 Å². The maximum absolute atomic E-state index is 13.2. The molecule has 1 unspecified atom stereocenters. The average Bonchev–Trinajstić information content (AvgIpc) is 3.58. The first-order valence-corrected chi connectivity index (χ1v) is 16.8. The molecule has 0 amide bonds. The number of carbonyl (C=O) groups is 6. The van der Waals surface area contributed by atoms with Crippen LogP contribution < -0.4 is 18.9 Å². The van der Waals surface area contributed by atoms with Crippen molar-refractivity contribution in [3.63, 3.8) is 0 Å². The highest BCUT2D eigenvalue weighted by atomic mass is 16.6. The molecule has 4 aromatic rings. The fraction of sp³-hybridized carbons (Fsp3) is 0.268. The molecule has 0 saturated heterocycles. The predicted octanol–water partition coefficient (Wildman–Crippen LogP) is 6.90. The van der Waals surface area contributed by atoms with Gasteiger partial charge in [0.05, 0.1) is 47.6 Å². The fourth-order valence-corrected chi connectivity index (χ4v) is 8.02. The van der Waals surface area contributed by atoms with Gasteiger partial charge in [0.1, 0.15) is 0 Å². The minimum absolute atomic E-state index is 0.00791. The molecule has 4 aromatic carbocycles. The second-order valence-electron chi connectivity index (χ2n) is 14.3. The summed E-state index contributed by atoms with van der Waals surface area (Å²) in [5, 5.41) is 0. The van der Waals surface area contributed by atoms with Gasteiger partial charge in [-0.3, -0.25) is 0 Å². The van der Waals surface area contributed by atoms with Crippen LogP contribution in [0.25, 0.3) is 0 Å². The number of benzene rings is 4. The Labute approximate surface area is 303 Å². The first-order valence-electron chi connectivity index (χ1n) is 16.8. The van der Waals surface area contributed by atoms with Crippen molar-refractivity contribution < 1.29 is 57.2 Å². The SMILES string of the molecule is COc1cc(C2(c3ccc(OC(=O)c4ccc5c(c4)C(=O)OC5=O)c(OC)c3)CC(C)CC(C)(C)C2)ccc1OC(=O)c1ccc2c(c1)C(=O)OC2=O. The number of esters is 6. The predicted molar refractivity (Wildman–Crippen MR) is 186 cm³/mol.